The summed E-state index contributed by atoms with van der Waals surface area (Å²) in [7, 11) is 0. The highest BCUT2D eigenvalue weighted by Gasteiger charge is 2.22. The van der Waals surface area contributed by atoms with E-state index in [4.69, 9.17) is 0 Å². The average molecular weight is 278 g/mol. The van der Waals surface area contributed by atoms with Crippen molar-refractivity contribution in [2.75, 3.05) is 0 Å². The Kier molecular flexibility index (Phi) is 3.34. The smallest absolute Gasteiger partial charge is 0.265 e. The van der Waals surface area contributed by atoms with E-state index in [1.165, 1.54) is 12.4 Å². The summed E-state index contributed by atoms with van der Waals surface area (Å²) in [4.78, 5) is 23.1. The SMILES string of the molecule is O=[N+]([O-])c1c(-c2ccncc2)cncc1-c1ccncc1. The van der Waals surface area contributed by atoms with Gasteiger partial charge in [-0.05, 0) is 35.4 Å². The zero-order chi connectivity index (χ0) is 14.7. The highest BCUT2D eigenvalue weighted by Crippen LogP contribution is 2.37. The van der Waals surface area contributed by atoms with Crippen molar-refractivity contribution in [2.24, 2.45) is 0 Å². The molecule has 0 spiro atoms. The number of nitrogens with zero attached hydrogens (tertiary/aromatic N) is 4. The van der Waals surface area contributed by atoms with Crippen LogP contribution in [0.4, 0.5) is 5.69 Å². The van der Waals surface area contributed by atoms with Crippen LogP contribution in [0.2, 0.25) is 0 Å². The summed E-state index contributed by atoms with van der Waals surface area (Å²) in [6, 6.07) is 6.89. The zero-order valence-corrected chi connectivity index (χ0v) is 10.9. The molecule has 102 valence electrons. The number of aromatic nitrogens is 3. The lowest BCUT2D eigenvalue weighted by Gasteiger charge is -2.07. The van der Waals surface area contributed by atoms with Crippen molar-refractivity contribution < 1.29 is 4.92 Å². The monoisotopic (exact) mass is 278 g/mol. The van der Waals surface area contributed by atoms with Gasteiger partial charge >= 0.3 is 0 Å². The summed E-state index contributed by atoms with van der Waals surface area (Å²) in [5.41, 5.74) is 2.39. The lowest BCUT2D eigenvalue weighted by molar-refractivity contribution is -0.383. The predicted molar refractivity (Wildman–Crippen MR) is 77.4 cm³/mol. The van der Waals surface area contributed by atoms with Crippen molar-refractivity contribution in [3.05, 3.63) is 71.6 Å². The standard InChI is InChI=1S/C15H10N4O2/c20-19(21)15-13(11-1-5-16-6-2-11)9-18-10-14(15)12-3-7-17-8-4-12/h1-10H. The van der Waals surface area contributed by atoms with Gasteiger partial charge in [0.15, 0.2) is 0 Å². The average Bonchev–Trinajstić information content (AvgIpc) is 2.55. The summed E-state index contributed by atoms with van der Waals surface area (Å²) >= 11 is 0. The molecule has 0 fully saturated rings. The molecule has 0 bridgehead atoms. The zero-order valence-electron chi connectivity index (χ0n) is 10.9. The lowest BCUT2D eigenvalue weighted by Crippen LogP contribution is -1.97. The van der Waals surface area contributed by atoms with E-state index in [-0.39, 0.29) is 10.6 Å². The van der Waals surface area contributed by atoms with Gasteiger partial charge in [-0.25, -0.2) is 0 Å². The molecule has 3 heterocycles. The molecule has 0 aromatic carbocycles. The van der Waals surface area contributed by atoms with Gasteiger partial charge in [0, 0.05) is 37.2 Å². The van der Waals surface area contributed by atoms with Crippen molar-refractivity contribution >= 4 is 5.69 Å². The summed E-state index contributed by atoms with van der Waals surface area (Å²) in [6.07, 6.45) is 9.38. The van der Waals surface area contributed by atoms with Gasteiger partial charge in [0.2, 0.25) is 0 Å². The van der Waals surface area contributed by atoms with Gasteiger partial charge in [-0.2, -0.15) is 0 Å². The molecule has 6 nitrogen and oxygen atoms in total. The number of hydrogen-bond donors (Lipinski definition) is 0. The third-order valence-corrected chi connectivity index (χ3v) is 3.08. The van der Waals surface area contributed by atoms with E-state index in [1.807, 2.05) is 0 Å². The number of hydrogen-bond acceptors (Lipinski definition) is 5. The second-order valence-corrected chi connectivity index (χ2v) is 4.31. The van der Waals surface area contributed by atoms with Gasteiger partial charge < -0.3 is 0 Å². The Morgan fingerprint density at radius 1 is 0.762 bits per heavy atom. The van der Waals surface area contributed by atoms with E-state index in [9.17, 15) is 10.1 Å². The maximum atomic E-state index is 11.5. The van der Waals surface area contributed by atoms with Crippen LogP contribution in [-0.2, 0) is 0 Å². The van der Waals surface area contributed by atoms with Gasteiger partial charge in [-0.15, -0.1) is 0 Å². The first-order valence-corrected chi connectivity index (χ1v) is 6.20. The van der Waals surface area contributed by atoms with Crippen molar-refractivity contribution in [3.63, 3.8) is 0 Å². The first-order valence-electron chi connectivity index (χ1n) is 6.20. The molecule has 3 aromatic rings. The number of nitro groups is 1. The second kappa shape index (κ2) is 5.46. The summed E-state index contributed by atoms with van der Waals surface area (Å²) in [5.74, 6) is 0. The summed E-state index contributed by atoms with van der Waals surface area (Å²) < 4.78 is 0. The van der Waals surface area contributed by atoms with Gasteiger partial charge in [-0.3, -0.25) is 25.1 Å². The van der Waals surface area contributed by atoms with Crippen LogP contribution in [0, 0.1) is 10.1 Å². The topological polar surface area (TPSA) is 81.8 Å². The Hall–Kier alpha value is -3.15. The van der Waals surface area contributed by atoms with Crippen molar-refractivity contribution in [1.29, 1.82) is 0 Å². The predicted octanol–water partition coefficient (Wildman–Crippen LogP) is 3.11. The van der Waals surface area contributed by atoms with Crippen LogP contribution >= 0.6 is 0 Å². The maximum absolute atomic E-state index is 11.5. The molecule has 0 aliphatic rings. The second-order valence-electron chi connectivity index (χ2n) is 4.31. The Labute approximate surface area is 120 Å². The van der Waals surface area contributed by atoms with Crippen LogP contribution in [0.25, 0.3) is 22.3 Å². The molecular formula is C15H10N4O2. The minimum Gasteiger partial charge on any atom is -0.265 e. The van der Waals surface area contributed by atoms with Crippen LogP contribution < -0.4 is 0 Å². The maximum Gasteiger partial charge on any atom is 0.288 e. The van der Waals surface area contributed by atoms with Crippen LogP contribution in [0.3, 0.4) is 0 Å². The molecule has 3 rings (SSSR count). The molecular weight excluding hydrogens is 268 g/mol. The molecule has 0 aliphatic heterocycles. The van der Waals surface area contributed by atoms with Crippen LogP contribution in [0.15, 0.2) is 61.4 Å². The minimum atomic E-state index is -0.382. The van der Waals surface area contributed by atoms with Gasteiger partial charge in [0.1, 0.15) is 0 Å². The quantitative estimate of drug-likeness (QED) is 0.543. The third kappa shape index (κ3) is 2.46. The van der Waals surface area contributed by atoms with E-state index in [1.54, 1.807) is 49.1 Å². The van der Waals surface area contributed by atoms with Crippen molar-refractivity contribution in [2.45, 2.75) is 0 Å². The van der Waals surface area contributed by atoms with E-state index >= 15 is 0 Å². The van der Waals surface area contributed by atoms with Crippen LogP contribution in [-0.4, -0.2) is 19.9 Å². The number of pyridine rings is 3. The molecule has 0 aliphatic carbocycles. The Bertz CT molecular complexity index is 718. The molecule has 0 saturated carbocycles. The fraction of sp³-hybridized carbons (Fsp3) is 0. The Morgan fingerprint density at radius 2 is 1.19 bits per heavy atom. The highest BCUT2D eigenvalue weighted by molar-refractivity contribution is 5.84. The van der Waals surface area contributed by atoms with E-state index in [0.29, 0.717) is 22.3 Å². The molecule has 3 aromatic heterocycles. The van der Waals surface area contributed by atoms with Crippen LogP contribution in [0.5, 0.6) is 0 Å². The molecule has 0 saturated heterocycles. The first kappa shape index (κ1) is 12.9. The van der Waals surface area contributed by atoms with E-state index in [0.717, 1.165) is 0 Å². The highest BCUT2D eigenvalue weighted by atomic mass is 16.6. The fourth-order valence-corrected chi connectivity index (χ4v) is 2.14. The molecule has 0 amide bonds. The molecule has 0 radical (unpaired) electrons. The van der Waals surface area contributed by atoms with E-state index < -0.39 is 0 Å². The summed E-state index contributed by atoms with van der Waals surface area (Å²) in [5, 5.41) is 11.5. The third-order valence-electron chi connectivity index (χ3n) is 3.08. The van der Waals surface area contributed by atoms with Gasteiger partial charge in [0.05, 0.1) is 16.1 Å². The molecule has 6 heteroatoms. The fourth-order valence-electron chi connectivity index (χ4n) is 2.14. The Balaban J connectivity index is 2.26. The first-order chi connectivity index (χ1) is 10.3. The normalized spacial score (nSPS) is 10.3. The van der Waals surface area contributed by atoms with Gasteiger partial charge in [-0.1, -0.05) is 0 Å². The molecule has 0 unspecified atom stereocenters. The van der Waals surface area contributed by atoms with Crippen molar-refractivity contribution in [3.8, 4) is 22.3 Å². The number of rotatable bonds is 3. The van der Waals surface area contributed by atoms with E-state index in [2.05, 4.69) is 15.0 Å². The van der Waals surface area contributed by atoms with Crippen molar-refractivity contribution in [1.82, 2.24) is 15.0 Å². The molecule has 21 heavy (non-hydrogen) atoms. The molecule has 0 N–H and O–H groups in total. The summed E-state index contributed by atoms with van der Waals surface area (Å²) in [6.45, 7) is 0. The largest absolute Gasteiger partial charge is 0.288 e. The minimum absolute atomic E-state index is 0.0300. The van der Waals surface area contributed by atoms with Crippen LogP contribution in [0.1, 0.15) is 0 Å². The lowest BCUT2D eigenvalue weighted by atomic mass is 10.0. The molecule has 0 atom stereocenters. The van der Waals surface area contributed by atoms with Gasteiger partial charge in [0.25, 0.3) is 5.69 Å². The Morgan fingerprint density at radius 3 is 1.57 bits per heavy atom.